The number of hydrogen-bond acceptors (Lipinski definition) is 5. The molecule has 0 aliphatic rings. The third-order valence-corrected chi connectivity index (χ3v) is 4.66. The van der Waals surface area contributed by atoms with Crippen molar-refractivity contribution in [1.82, 2.24) is 25.5 Å². The van der Waals surface area contributed by atoms with E-state index in [-0.39, 0.29) is 11.7 Å². The molecule has 3 rings (SSSR count). The fourth-order valence-electron chi connectivity index (χ4n) is 2.25. The number of rotatable bonds is 7. The van der Waals surface area contributed by atoms with Gasteiger partial charge in [0.2, 0.25) is 0 Å². The molecule has 8 heteroatoms. The predicted molar refractivity (Wildman–Crippen MR) is 97.5 cm³/mol. The molecule has 0 aliphatic heterocycles. The molecule has 0 radical (unpaired) electrons. The number of imidazole rings is 1. The molecular formula is C17H19N5O2S. The van der Waals surface area contributed by atoms with Crippen molar-refractivity contribution >= 4 is 17.7 Å². The molecule has 0 atom stereocenters. The van der Waals surface area contributed by atoms with Gasteiger partial charge in [-0.05, 0) is 37.3 Å². The number of aromatic amines is 2. The van der Waals surface area contributed by atoms with E-state index in [2.05, 4.69) is 25.5 Å². The molecule has 2 aromatic heterocycles. The highest BCUT2D eigenvalue weighted by Gasteiger charge is 2.10. The molecule has 0 fully saturated rings. The molecule has 0 aliphatic carbocycles. The summed E-state index contributed by atoms with van der Waals surface area (Å²) in [5.74, 6) is 1.63. The van der Waals surface area contributed by atoms with Gasteiger partial charge in [-0.25, -0.2) is 4.98 Å². The first kappa shape index (κ1) is 17.1. The molecule has 7 nitrogen and oxygen atoms in total. The fourth-order valence-corrected chi connectivity index (χ4v) is 3.13. The Hall–Kier alpha value is -2.74. The second kappa shape index (κ2) is 7.89. The van der Waals surface area contributed by atoms with Gasteiger partial charge < -0.3 is 15.4 Å². The second-order valence-corrected chi connectivity index (χ2v) is 6.60. The molecule has 3 aromatic rings. The lowest BCUT2D eigenvalue weighted by atomic mass is 10.1. The summed E-state index contributed by atoms with van der Waals surface area (Å²) in [6.07, 6.45) is 1.69. The molecule has 4 N–H and O–H groups in total. The zero-order chi connectivity index (χ0) is 17.6. The van der Waals surface area contributed by atoms with E-state index in [1.165, 1.54) is 0 Å². The van der Waals surface area contributed by atoms with Crippen LogP contribution in [0.3, 0.4) is 0 Å². The first-order valence-corrected chi connectivity index (χ1v) is 8.98. The molecule has 2 heterocycles. The van der Waals surface area contributed by atoms with Gasteiger partial charge in [0.25, 0.3) is 5.91 Å². The Morgan fingerprint density at radius 3 is 2.84 bits per heavy atom. The van der Waals surface area contributed by atoms with Crippen molar-refractivity contribution in [3.8, 4) is 17.0 Å². The van der Waals surface area contributed by atoms with Crippen LogP contribution in [0, 0.1) is 6.92 Å². The fraction of sp³-hybridized carbons (Fsp3) is 0.235. The van der Waals surface area contributed by atoms with Crippen molar-refractivity contribution in [3.05, 3.63) is 53.7 Å². The zero-order valence-electron chi connectivity index (χ0n) is 13.7. The number of nitrogens with one attached hydrogen (secondary N) is 3. The van der Waals surface area contributed by atoms with Gasteiger partial charge in [-0.3, -0.25) is 9.89 Å². The normalized spacial score (nSPS) is 10.8. The van der Waals surface area contributed by atoms with Crippen molar-refractivity contribution in [2.75, 3.05) is 12.3 Å². The van der Waals surface area contributed by atoms with Crippen molar-refractivity contribution in [2.45, 2.75) is 12.7 Å². The molecule has 0 unspecified atom stereocenters. The standard InChI is InChI=1S/C17H19N5O2S/c1-11-16(20-10-19-11)9-25-7-6-18-17(24)15-8-14(21-22-15)12-2-4-13(23)5-3-12/h2-5,8,10,23H,6-7,9H2,1H3,(H,18,24)(H,19,20)(H,21,22). The topological polar surface area (TPSA) is 107 Å². The van der Waals surface area contributed by atoms with Crippen LogP contribution < -0.4 is 5.32 Å². The quantitative estimate of drug-likeness (QED) is 0.486. The molecule has 130 valence electrons. The first-order chi connectivity index (χ1) is 12.1. The van der Waals surface area contributed by atoms with Crippen molar-refractivity contribution in [1.29, 1.82) is 0 Å². The summed E-state index contributed by atoms with van der Waals surface area (Å²) >= 11 is 1.72. The Morgan fingerprint density at radius 1 is 1.32 bits per heavy atom. The summed E-state index contributed by atoms with van der Waals surface area (Å²) in [7, 11) is 0. The van der Waals surface area contributed by atoms with Gasteiger partial charge in [0.15, 0.2) is 0 Å². The van der Waals surface area contributed by atoms with Crippen molar-refractivity contribution < 1.29 is 9.90 Å². The minimum Gasteiger partial charge on any atom is -0.508 e. The Balaban J connectivity index is 1.45. The average molecular weight is 357 g/mol. The van der Waals surface area contributed by atoms with Crippen LogP contribution in [0.4, 0.5) is 0 Å². The van der Waals surface area contributed by atoms with E-state index < -0.39 is 0 Å². The van der Waals surface area contributed by atoms with Gasteiger partial charge in [-0.2, -0.15) is 16.9 Å². The number of aromatic nitrogens is 4. The monoisotopic (exact) mass is 357 g/mol. The van der Waals surface area contributed by atoms with Crippen molar-refractivity contribution in [2.24, 2.45) is 0 Å². The molecule has 0 saturated carbocycles. The maximum atomic E-state index is 12.1. The molecule has 0 spiro atoms. The van der Waals surface area contributed by atoms with E-state index in [0.717, 1.165) is 28.5 Å². The smallest absolute Gasteiger partial charge is 0.269 e. The van der Waals surface area contributed by atoms with Crippen LogP contribution >= 0.6 is 11.8 Å². The highest BCUT2D eigenvalue weighted by molar-refractivity contribution is 7.98. The SMILES string of the molecule is Cc1[nH]cnc1CSCCNC(=O)c1cc(-c2ccc(O)cc2)n[nH]1. The minimum atomic E-state index is -0.186. The van der Waals surface area contributed by atoms with E-state index in [0.29, 0.717) is 17.9 Å². The van der Waals surface area contributed by atoms with Crippen molar-refractivity contribution in [3.63, 3.8) is 0 Å². The number of carbonyl (C=O) groups excluding carboxylic acids is 1. The third-order valence-electron chi connectivity index (χ3n) is 3.69. The number of thioether (sulfide) groups is 1. The van der Waals surface area contributed by atoms with Gasteiger partial charge in [-0.15, -0.1) is 0 Å². The average Bonchev–Trinajstić information content (AvgIpc) is 3.25. The Kier molecular flexibility index (Phi) is 5.39. The largest absolute Gasteiger partial charge is 0.508 e. The zero-order valence-corrected chi connectivity index (χ0v) is 14.6. The lowest BCUT2D eigenvalue weighted by molar-refractivity contribution is 0.0951. The molecular weight excluding hydrogens is 338 g/mol. The van der Waals surface area contributed by atoms with Gasteiger partial charge in [0, 0.05) is 29.3 Å². The van der Waals surface area contributed by atoms with Gasteiger partial charge >= 0.3 is 0 Å². The summed E-state index contributed by atoms with van der Waals surface area (Å²) in [5.41, 5.74) is 4.03. The molecule has 25 heavy (non-hydrogen) atoms. The number of benzene rings is 1. The Bertz CT molecular complexity index is 841. The van der Waals surface area contributed by atoms with Crippen LogP contribution in [0.2, 0.25) is 0 Å². The number of hydrogen-bond donors (Lipinski definition) is 4. The summed E-state index contributed by atoms with van der Waals surface area (Å²) < 4.78 is 0. The van der Waals surface area contributed by atoms with Crippen LogP contribution in [0.15, 0.2) is 36.7 Å². The molecule has 0 saturated heterocycles. The molecule has 1 amide bonds. The highest BCUT2D eigenvalue weighted by Crippen LogP contribution is 2.20. The van der Waals surface area contributed by atoms with E-state index in [1.807, 2.05) is 6.92 Å². The van der Waals surface area contributed by atoms with E-state index in [9.17, 15) is 9.90 Å². The lowest BCUT2D eigenvalue weighted by Gasteiger charge is -2.03. The summed E-state index contributed by atoms with van der Waals surface area (Å²) in [6, 6.07) is 8.37. The predicted octanol–water partition coefficient (Wildman–Crippen LogP) is 2.48. The highest BCUT2D eigenvalue weighted by atomic mass is 32.2. The molecule has 1 aromatic carbocycles. The van der Waals surface area contributed by atoms with Crippen LogP contribution in [0.1, 0.15) is 21.9 Å². The number of nitrogens with zero attached hydrogens (tertiary/aromatic N) is 2. The number of phenols is 1. The maximum absolute atomic E-state index is 12.1. The van der Waals surface area contributed by atoms with Gasteiger partial charge in [0.05, 0.1) is 17.7 Å². The lowest BCUT2D eigenvalue weighted by Crippen LogP contribution is -2.26. The summed E-state index contributed by atoms with van der Waals surface area (Å²) in [6.45, 7) is 2.56. The number of H-pyrrole nitrogens is 2. The van der Waals surface area contributed by atoms with Crippen LogP contribution in [-0.2, 0) is 5.75 Å². The number of carbonyl (C=O) groups is 1. The number of aryl methyl sites for hydroxylation is 1. The van der Waals surface area contributed by atoms with Crippen LogP contribution in [-0.4, -0.2) is 43.5 Å². The van der Waals surface area contributed by atoms with Gasteiger partial charge in [0.1, 0.15) is 11.4 Å². The second-order valence-electron chi connectivity index (χ2n) is 5.50. The number of phenolic OH excluding ortho intramolecular Hbond substituents is 1. The van der Waals surface area contributed by atoms with E-state index in [4.69, 9.17) is 0 Å². The Labute approximate surface area is 149 Å². The summed E-state index contributed by atoms with van der Waals surface area (Å²) in [4.78, 5) is 19.4. The summed E-state index contributed by atoms with van der Waals surface area (Å²) in [5, 5.41) is 19.1. The Morgan fingerprint density at radius 2 is 2.12 bits per heavy atom. The maximum Gasteiger partial charge on any atom is 0.269 e. The number of aromatic hydroxyl groups is 1. The minimum absolute atomic E-state index is 0.186. The van der Waals surface area contributed by atoms with E-state index in [1.54, 1.807) is 48.4 Å². The third kappa shape index (κ3) is 4.42. The van der Waals surface area contributed by atoms with Crippen LogP contribution in [0.5, 0.6) is 5.75 Å². The van der Waals surface area contributed by atoms with Crippen LogP contribution in [0.25, 0.3) is 11.3 Å². The molecule has 0 bridgehead atoms. The van der Waals surface area contributed by atoms with E-state index >= 15 is 0 Å². The number of amides is 1. The first-order valence-electron chi connectivity index (χ1n) is 7.83. The van der Waals surface area contributed by atoms with Gasteiger partial charge in [-0.1, -0.05) is 0 Å².